The molecule has 1 atom stereocenters. The zero-order chi connectivity index (χ0) is 22.0. The summed E-state index contributed by atoms with van der Waals surface area (Å²) in [4.78, 5) is 35.6. The molecule has 0 aliphatic carbocycles. The molecular weight excluding hydrogens is 411 g/mol. The number of nitrogens with zero attached hydrogens (tertiary/aromatic N) is 4. The van der Waals surface area contributed by atoms with Crippen molar-refractivity contribution in [3.8, 4) is 0 Å². The van der Waals surface area contributed by atoms with Crippen LogP contribution >= 0.6 is 0 Å². The smallest absolute Gasteiger partial charge is 0.356 e. The fraction of sp³-hybridized carbons (Fsp3) is 0.429. The first-order valence-corrected chi connectivity index (χ1v) is 10.1. The van der Waals surface area contributed by atoms with Gasteiger partial charge in [-0.15, -0.1) is 0 Å². The number of anilines is 2. The second-order valence-electron chi connectivity index (χ2n) is 7.77. The number of para-hydroxylation sites is 1. The third kappa shape index (κ3) is 4.78. The Morgan fingerprint density at radius 3 is 2.48 bits per heavy atom. The molecule has 0 spiro atoms. The van der Waals surface area contributed by atoms with Crippen molar-refractivity contribution in [1.29, 1.82) is 0 Å². The van der Waals surface area contributed by atoms with E-state index in [1.165, 1.54) is 0 Å². The number of carbonyl (C=O) groups is 2. The standard InChI is InChI=1S/C21H22F3N5O2/c22-21(23,24)17-11-18(26-13-25-17)28-8-6-15(7-9-28)27-20(31)14-10-19(30)29(12-14)16-4-2-1-3-5-16/h1-5,11,13-15H,6-10,12H2,(H,27,31)/t14-/m1/s1. The highest BCUT2D eigenvalue weighted by Gasteiger charge is 2.36. The summed E-state index contributed by atoms with van der Waals surface area (Å²) in [6.07, 6.45) is -2.26. The van der Waals surface area contributed by atoms with Gasteiger partial charge in [-0.1, -0.05) is 18.2 Å². The lowest BCUT2D eigenvalue weighted by Gasteiger charge is -2.33. The number of piperidine rings is 1. The third-order valence-corrected chi connectivity index (χ3v) is 5.67. The van der Waals surface area contributed by atoms with Gasteiger partial charge in [-0.2, -0.15) is 13.2 Å². The minimum atomic E-state index is -4.52. The minimum Gasteiger partial charge on any atom is -0.356 e. The van der Waals surface area contributed by atoms with Crippen LogP contribution in [0, 0.1) is 5.92 Å². The zero-order valence-corrected chi connectivity index (χ0v) is 16.7. The van der Waals surface area contributed by atoms with Crippen LogP contribution in [0.15, 0.2) is 42.7 Å². The van der Waals surface area contributed by atoms with Gasteiger partial charge in [-0.3, -0.25) is 9.59 Å². The van der Waals surface area contributed by atoms with Crippen LogP contribution in [0.25, 0.3) is 0 Å². The third-order valence-electron chi connectivity index (χ3n) is 5.67. The van der Waals surface area contributed by atoms with Crippen LogP contribution in [-0.4, -0.2) is 47.5 Å². The summed E-state index contributed by atoms with van der Waals surface area (Å²) in [6, 6.07) is 10.1. The number of nitrogens with one attached hydrogen (secondary N) is 1. The summed E-state index contributed by atoms with van der Waals surface area (Å²) < 4.78 is 38.6. The second-order valence-corrected chi connectivity index (χ2v) is 7.77. The lowest BCUT2D eigenvalue weighted by molar-refractivity contribution is -0.141. The molecule has 2 amide bonds. The molecule has 2 saturated heterocycles. The number of rotatable bonds is 4. The van der Waals surface area contributed by atoms with Crippen molar-refractivity contribution in [3.63, 3.8) is 0 Å². The van der Waals surface area contributed by atoms with E-state index in [0.717, 1.165) is 18.1 Å². The fourth-order valence-electron chi connectivity index (χ4n) is 3.99. The number of aromatic nitrogens is 2. The molecule has 0 bridgehead atoms. The molecule has 2 aliphatic heterocycles. The highest BCUT2D eigenvalue weighted by atomic mass is 19.4. The van der Waals surface area contributed by atoms with Gasteiger partial charge in [0.25, 0.3) is 0 Å². The van der Waals surface area contributed by atoms with Gasteiger partial charge in [0.15, 0.2) is 0 Å². The average Bonchev–Trinajstić information content (AvgIpc) is 3.16. The van der Waals surface area contributed by atoms with Crippen LogP contribution in [0.2, 0.25) is 0 Å². The summed E-state index contributed by atoms with van der Waals surface area (Å²) in [5.74, 6) is -0.425. The number of alkyl halides is 3. The molecule has 2 aliphatic rings. The van der Waals surface area contributed by atoms with Crippen LogP contribution in [0.3, 0.4) is 0 Å². The van der Waals surface area contributed by atoms with Crippen molar-refractivity contribution < 1.29 is 22.8 Å². The Labute approximate surface area is 177 Å². The molecule has 0 saturated carbocycles. The van der Waals surface area contributed by atoms with E-state index in [1.807, 2.05) is 30.3 Å². The lowest BCUT2D eigenvalue weighted by Crippen LogP contribution is -2.47. The molecule has 1 aromatic carbocycles. The fourth-order valence-corrected chi connectivity index (χ4v) is 3.99. The van der Waals surface area contributed by atoms with Gasteiger partial charge in [-0.05, 0) is 25.0 Å². The Morgan fingerprint density at radius 2 is 1.81 bits per heavy atom. The first kappa shape index (κ1) is 21.1. The van der Waals surface area contributed by atoms with E-state index in [2.05, 4.69) is 15.3 Å². The molecule has 164 valence electrons. The van der Waals surface area contributed by atoms with Crippen LogP contribution in [0.5, 0.6) is 0 Å². The normalized spacial score (nSPS) is 20.2. The van der Waals surface area contributed by atoms with Gasteiger partial charge in [0, 0.05) is 43.9 Å². The largest absolute Gasteiger partial charge is 0.433 e. The van der Waals surface area contributed by atoms with Gasteiger partial charge in [0.2, 0.25) is 11.8 Å². The Bertz CT molecular complexity index is 946. The Hall–Kier alpha value is -3.17. The second kappa shape index (κ2) is 8.52. The molecule has 4 rings (SSSR count). The summed E-state index contributed by atoms with van der Waals surface area (Å²) in [7, 11) is 0. The maximum atomic E-state index is 12.9. The molecule has 0 unspecified atom stereocenters. The number of halogens is 3. The molecule has 2 aromatic rings. The quantitative estimate of drug-likeness (QED) is 0.802. The monoisotopic (exact) mass is 433 g/mol. The topological polar surface area (TPSA) is 78.4 Å². The average molecular weight is 433 g/mol. The Kier molecular flexibility index (Phi) is 5.79. The first-order valence-electron chi connectivity index (χ1n) is 10.1. The highest BCUT2D eigenvalue weighted by Crippen LogP contribution is 2.30. The summed E-state index contributed by atoms with van der Waals surface area (Å²) in [5.41, 5.74) is -0.194. The predicted molar refractivity (Wildman–Crippen MR) is 107 cm³/mol. The number of carbonyl (C=O) groups excluding carboxylic acids is 2. The molecular formula is C21H22F3N5O2. The molecule has 2 fully saturated rings. The molecule has 1 N–H and O–H groups in total. The molecule has 31 heavy (non-hydrogen) atoms. The van der Waals surface area contributed by atoms with Gasteiger partial charge >= 0.3 is 6.18 Å². The van der Waals surface area contributed by atoms with Crippen molar-refractivity contribution in [1.82, 2.24) is 15.3 Å². The van der Waals surface area contributed by atoms with Gasteiger partial charge in [-0.25, -0.2) is 9.97 Å². The minimum absolute atomic E-state index is 0.0783. The molecule has 0 radical (unpaired) electrons. The zero-order valence-electron chi connectivity index (χ0n) is 16.7. The Balaban J connectivity index is 1.30. The van der Waals surface area contributed by atoms with Gasteiger partial charge < -0.3 is 15.1 Å². The van der Waals surface area contributed by atoms with E-state index in [0.29, 0.717) is 32.5 Å². The van der Waals surface area contributed by atoms with Gasteiger partial charge in [0.05, 0.1) is 5.92 Å². The maximum Gasteiger partial charge on any atom is 0.433 e. The molecule has 3 heterocycles. The van der Waals surface area contributed by atoms with Crippen LogP contribution in [-0.2, 0) is 15.8 Å². The van der Waals surface area contributed by atoms with Gasteiger partial charge in [0.1, 0.15) is 17.8 Å². The van der Waals surface area contributed by atoms with Crippen LogP contribution in [0.1, 0.15) is 25.0 Å². The molecule has 1 aromatic heterocycles. The number of amides is 2. The van der Waals surface area contributed by atoms with E-state index >= 15 is 0 Å². The van der Waals surface area contributed by atoms with Crippen molar-refractivity contribution in [2.45, 2.75) is 31.5 Å². The van der Waals surface area contributed by atoms with E-state index in [4.69, 9.17) is 0 Å². The Morgan fingerprint density at radius 1 is 1.10 bits per heavy atom. The van der Waals surface area contributed by atoms with E-state index < -0.39 is 17.8 Å². The van der Waals surface area contributed by atoms with E-state index in [1.54, 1.807) is 9.80 Å². The first-order chi connectivity index (χ1) is 14.8. The molecule has 7 nitrogen and oxygen atoms in total. The van der Waals surface area contributed by atoms with Crippen LogP contribution in [0.4, 0.5) is 24.7 Å². The number of hydrogen-bond donors (Lipinski definition) is 1. The van der Waals surface area contributed by atoms with Crippen molar-refractivity contribution in [3.05, 3.63) is 48.4 Å². The van der Waals surface area contributed by atoms with Crippen molar-refractivity contribution >= 4 is 23.3 Å². The summed E-state index contributed by atoms with van der Waals surface area (Å²) in [5, 5.41) is 3.00. The summed E-state index contributed by atoms with van der Waals surface area (Å²) in [6.45, 7) is 1.28. The van der Waals surface area contributed by atoms with E-state index in [9.17, 15) is 22.8 Å². The number of hydrogen-bond acceptors (Lipinski definition) is 5. The highest BCUT2D eigenvalue weighted by molar-refractivity contribution is 6.00. The van der Waals surface area contributed by atoms with Crippen LogP contribution < -0.4 is 15.1 Å². The van der Waals surface area contributed by atoms with Crippen molar-refractivity contribution in [2.24, 2.45) is 5.92 Å². The maximum absolute atomic E-state index is 12.9. The molecule has 10 heteroatoms. The summed E-state index contributed by atoms with van der Waals surface area (Å²) >= 11 is 0. The number of benzene rings is 1. The van der Waals surface area contributed by atoms with Crippen molar-refractivity contribution in [2.75, 3.05) is 29.4 Å². The predicted octanol–water partition coefficient (Wildman–Crippen LogP) is 2.63. The van der Waals surface area contributed by atoms with E-state index in [-0.39, 0.29) is 30.1 Å². The SMILES string of the molecule is O=C(NC1CCN(c2cc(C(F)(F)F)ncn2)CC1)[C@@H]1CC(=O)N(c2ccccc2)C1. The lowest BCUT2D eigenvalue weighted by atomic mass is 10.0.